The smallest absolute Gasteiger partial charge is 0.335 e. The van der Waals surface area contributed by atoms with Crippen molar-refractivity contribution in [3.63, 3.8) is 0 Å². The van der Waals surface area contributed by atoms with E-state index in [0.29, 0.717) is 13.1 Å². The van der Waals surface area contributed by atoms with Gasteiger partial charge in [0.1, 0.15) is 0 Å². The van der Waals surface area contributed by atoms with Gasteiger partial charge in [0.05, 0.1) is 18.0 Å². The van der Waals surface area contributed by atoms with Crippen LogP contribution in [0.4, 0.5) is 0 Å². The molecule has 0 radical (unpaired) electrons. The summed E-state index contributed by atoms with van der Waals surface area (Å²) in [5.74, 6) is -0.917. The quantitative estimate of drug-likeness (QED) is 0.814. The molecule has 3 aliphatic rings. The van der Waals surface area contributed by atoms with E-state index >= 15 is 0 Å². The van der Waals surface area contributed by atoms with Crippen LogP contribution in [0.3, 0.4) is 0 Å². The monoisotopic (exact) mass is 359 g/mol. The molecule has 7 heteroatoms. The average Bonchev–Trinajstić information content (AvgIpc) is 2.86. The number of piperidine rings is 1. The second-order valence-electron chi connectivity index (χ2n) is 7.29. The summed E-state index contributed by atoms with van der Waals surface area (Å²) in [5, 5.41) is 12.0. The van der Waals surface area contributed by atoms with Gasteiger partial charge in [-0.2, -0.15) is 0 Å². The number of carboxylic acids is 1. The number of hydrogen-bond acceptors (Lipinski definition) is 4. The van der Waals surface area contributed by atoms with Crippen molar-refractivity contribution in [2.45, 2.75) is 32.4 Å². The summed E-state index contributed by atoms with van der Waals surface area (Å²) in [6.45, 7) is 3.79. The Balaban J connectivity index is 1.57. The van der Waals surface area contributed by atoms with Gasteiger partial charge in [-0.15, -0.1) is 0 Å². The number of amides is 2. The molecule has 2 N–H and O–H groups in total. The number of rotatable bonds is 5. The van der Waals surface area contributed by atoms with Gasteiger partial charge in [0.15, 0.2) is 0 Å². The van der Waals surface area contributed by atoms with Crippen LogP contribution >= 0.6 is 0 Å². The maximum absolute atomic E-state index is 12.4. The van der Waals surface area contributed by atoms with Crippen LogP contribution in [0.5, 0.6) is 0 Å². The van der Waals surface area contributed by atoms with Crippen LogP contribution < -0.4 is 5.32 Å². The minimum absolute atomic E-state index is 0.0129. The van der Waals surface area contributed by atoms with Gasteiger partial charge in [-0.3, -0.25) is 14.5 Å². The Hall–Kier alpha value is -2.41. The first-order chi connectivity index (χ1) is 12.3. The van der Waals surface area contributed by atoms with Crippen LogP contribution in [0, 0.1) is 12.8 Å². The first-order valence-corrected chi connectivity index (χ1v) is 8.93. The predicted molar refractivity (Wildman–Crippen MR) is 95.7 cm³/mol. The van der Waals surface area contributed by atoms with Gasteiger partial charge in [0.2, 0.25) is 11.8 Å². The van der Waals surface area contributed by atoms with E-state index in [2.05, 4.69) is 10.2 Å². The highest BCUT2D eigenvalue weighted by atomic mass is 16.4. The first-order valence-electron chi connectivity index (χ1n) is 8.93. The van der Waals surface area contributed by atoms with Crippen molar-refractivity contribution in [2.75, 3.05) is 26.7 Å². The standard InChI is InChI=1S/C19H25N3O4/c1-12-3-4-13(19(25)26)7-15(12)8-20-17(23)11-22-9-14-5-6-16(10-22)21(2)18(14)24/h3-4,7,14,16H,5-6,8-11H2,1-2H3,(H,20,23)(H,25,26)/t14-,16+/m0/s1. The molecule has 1 aromatic rings. The minimum Gasteiger partial charge on any atom is -0.478 e. The molecule has 140 valence electrons. The molecule has 7 nitrogen and oxygen atoms in total. The van der Waals surface area contributed by atoms with E-state index in [0.717, 1.165) is 30.5 Å². The molecule has 3 aliphatic heterocycles. The number of nitrogens with zero attached hydrogens (tertiary/aromatic N) is 2. The van der Waals surface area contributed by atoms with Crippen LogP contribution in [0.2, 0.25) is 0 Å². The Morgan fingerprint density at radius 3 is 2.77 bits per heavy atom. The highest BCUT2D eigenvalue weighted by molar-refractivity contribution is 5.88. The summed E-state index contributed by atoms with van der Waals surface area (Å²) in [5.41, 5.74) is 1.95. The number of carbonyl (C=O) groups excluding carboxylic acids is 2. The van der Waals surface area contributed by atoms with Crippen LogP contribution in [0.1, 0.15) is 34.3 Å². The SMILES string of the molecule is Cc1ccc(C(=O)O)cc1CNC(=O)CN1C[C@@H]2CC[C@H](C1)N(C)C2=O. The van der Waals surface area contributed by atoms with Crippen molar-refractivity contribution in [2.24, 2.45) is 5.92 Å². The fourth-order valence-corrected chi connectivity index (χ4v) is 3.82. The molecule has 26 heavy (non-hydrogen) atoms. The van der Waals surface area contributed by atoms with Crippen molar-refractivity contribution < 1.29 is 19.5 Å². The summed E-state index contributed by atoms with van der Waals surface area (Å²) in [7, 11) is 1.85. The number of likely N-dealkylation sites (N-methyl/N-ethyl adjacent to an activating group) is 1. The molecular weight excluding hydrogens is 334 g/mol. The zero-order valence-electron chi connectivity index (χ0n) is 15.2. The molecule has 3 fully saturated rings. The van der Waals surface area contributed by atoms with Crippen LogP contribution in [-0.4, -0.2) is 65.4 Å². The van der Waals surface area contributed by atoms with E-state index in [1.165, 1.54) is 0 Å². The van der Waals surface area contributed by atoms with E-state index in [1.54, 1.807) is 18.2 Å². The summed E-state index contributed by atoms with van der Waals surface area (Å²) in [4.78, 5) is 39.6. The van der Waals surface area contributed by atoms with Crippen LogP contribution in [0.15, 0.2) is 18.2 Å². The normalized spacial score (nSPS) is 23.0. The van der Waals surface area contributed by atoms with Gasteiger partial charge in [-0.25, -0.2) is 4.79 Å². The van der Waals surface area contributed by atoms with Gasteiger partial charge < -0.3 is 15.3 Å². The Labute approximate surface area is 153 Å². The third kappa shape index (κ3) is 3.88. The number of aryl methyl sites for hydroxylation is 1. The molecule has 3 saturated heterocycles. The number of carbonyl (C=O) groups is 3. The van der Waals surface area contributed by atoms with Crippen molar-refractivity contribution in [3.8, 4) is 0 Å². The van der Waals surface area contributed by atoms with Crippen molar-refractivity contribution in [1.82, 2.24) is 15.1 Å². The molecule has 1 aromatic carbocycles. The van der Waals surface area contributed by atoms with Gasteiger partial charge >= 0.3 is 5.97 Å². The Kier molecular flexibility index (Phi) is 5.27. The van der Waals surface area contributed by atoms with E-state index in [9.17, 15) is 14.4 Å². The maximum atomic E-state index is 12.4. The molecule has 2 atom stereocenters. The molecule has 3 heterocycles. The molecule has 0 spiro atoms. The predicted octanol–water partition coefficient (Wildman–Crippen LogP) is 0.862. The van der Waals surface area contributed by atoms with Crippen molar-refractivity contribution in [3.05, 3.63) is 34.9 Å². The lowest BCUT2D eigenvalue weighted by molar-refractivity contribution is -0.138. The van der Waals surface area contributed by atoms with E-state index in [4.69, 9.17) is 5.11 Å². The fraction of sp³-hybridized carbons (Fsp3) is 0.526. The third-order valence-electron chi connectivity index (χ3n) is 5.48. The van der Waals surface area contributed by atoms with Gasteiger partial charge in [0.25, 0.3) is 0 Å². The molecule has 0 aromatic heterocycles. The van der Waals surface area contributed by atoms with E-state index in [1.807, 2.05) is 18.9 Å². The molecule has 2 bridgehead atoms. The second-order valence-corrected chi connectivity index (χ2v) is 7.29. The lowest BCUT2D eigenvalue weighted by Crippen LogP contribution is -2.45. The van der Waals surface area contributed by atoms with Gasteiger partial charge in [-0.1, -0.05) is 6.07 Å². The molecular formula is C19H25N3O4. The molecule has 4 rings (SSSR count). The fourth-order valence-electron chi connectivity index (χ4n) is 3.82. The van der Waals surface area contributed by atoms with Crippen LogP contribution in [0.25, 0.3) is 0 Å². The minimum atomic E-state index is -0.980. The van der Waals surface area contributed by atoms with Crippen molar-refractivity contribution >= 4 is 17.8 Å². The lowest BCUT2D eigenvalue weighted by atomic mass is 9.95. The number of carboxylic acid groups (broad SMARTS) is 1. The summed E-state index contributed by atoms with van der Waals surface area (Å²) >= 11 is 0. The topological polar surface area (TPSA) is 89.9 Å². The largest absolute Gasteiger partial charge is 0.478 e. The highest BCUT2D eigenvalue weighted by Crippen LogP contribution is 2.27. The van der Waals surface area contributed by atoms with E-state index in [-0.39, 0.29) is 35.9 Å². The zero-order chi connectivity index (χ0) is 18.8. The Morgan fingerprint density at radius 1 is 1.27 bits per heavy atom. The lowest BCUT2D eigenvalue weighted by Gasteiger charge is -2.32. The molecule has 2 amide bonds. The molecule has 0 aliphatic carbocycles. The van der Waals surface area contributed by atoms with Crippen molar-refractivity contribution in [1.29, 1.82) is 0 Å². The number of aromatic carboxylic acids is 1. The highest BCUT2D eigenvalue weighted by Gasteiger charge is 2.38. The Bertz CT molecular complexity index is 733. The maximum Gasteiger partial charge on any atom is 0.335 e. The van der Waals surface area contributed by atoms with Gasteiger partial charge in [-0.05, 0) is 43.0 Å². The summed E-state index contributed by atoms with van der Waals surface area (Å²) < 4.78 is 0. The summed E-state index contributed by atoms with van der Waals surface area (Å²) in [6.07, 6.45) is 1.89. The van der Waals surface area contributed by atoms with E-state index < -0.39 is 5.97 Å². The first kappa shape index (κ1) is 18.4. The number of benzene rings is 1. The number of hydrogen-bond donors (Lipinski definition) is 2. The second kappa shape index (κ2) is 7.45. The van der Waals surface area contributed by atoms with Crippen LogP contribution in [-0.2, 0) is 16.1 Å². The van der Waals surface area contributed by atoms with Gasteiger partial charge in [0, 0.05) is 32.7 Å². The number of fused-ring (bicyclic) bond motifs is 4. The zero-order valence-corrected chi connectivity index (χ0v) is 15.2. The number of nitrogens with one attached hydrogen (secondary N) is 1. The summed E-state index contributed by atoms with van der Waals surface area (Å²) in [6, 6.07) is 5.09. The molecule has 0 unspecified atom stereocenters. The third-order valence-corrected chi connectivity index (χ3v) is 5.48. The average molecular weight is 359 g/mol. The Morgan fingerprint density at radius 2 is 2.04 bits per heavy atom. The molecule has 0 saturated carbocycles.